The van der Waals surface area contributed by atoms with E-state index < -0.39 is 5.97 Å². The number of carbonyl (C=O) groups is 2. The average molecular weight is 364 g/mol. The van der Waals surface area contributed by atoms with Gasteiger partial charge in [0.2, 0.25) is 5.76 Å². The Morgan fingerprint density at radius 1 is 0.889 bits per heavy atom. The van der Waals surface area contributed by atoms with Gasteiger partial charge in [-0.1, -0.05) is 60.7 Å². The summed E-state index contributed by atoms with van der Waals surface area (Å²) in [7, 11) is 1.28. The molecule has 0 bridgehead atoms. The zero-order valence-corrected chi connectivity index (χ0v) is 15.0. The molecular formula is C22H20O5. The summed E-state index contributed by atoms with van der Waals surface area (Å²) in [4.78, 5) is 23.8. The van der Waals surface area contributed by atoms with E-state index in [1.165, 1.54) is 13.2 Å². The Balaban J connectivity index is 1.66. The Kier molecular flexibility index (Phi) is 6.05. The molecule has 0 aliphatic rings. The lowest BCUT2D eigenvalue weighted by molar-refractivity contribution is -0.145. The SMILES string of the molecule is COC(=O)c1ccc(COC(=O)CC(c2ccccc2)c2ccccc2)o1. The van der Waals surface area contributed by atoms with Crippen molar-refractivity contribution >= 4 is 11.9 Å². The van der Waals surface area contributed by atoms with Crippen molar-refractivity contribution in [3.05, 3.63) is 95.4 Å². The first-order valence-electron chi connectivity index (χ1n) is 8.60. The summed E-state index contributed by atoms with van der Waals surface area (Å²) in [5, 5.41) is 0. The lowest BCUT2D eigenvalue weighted by Gasteiger charge is -2.17. The molecule has 0 N–H and O–H groups in total. The topological polar surface area (TPSA) is 65.7 Å². The van der Waals surface area contributed by atoms with E-state index in [0.717, 1.165) is 11.1 Å². The summed E-state index contributed by atoms with van der Waals surface area (Å²) in [6.07, 6.45) is 0.207. The summed E-state index contributed by atoms with van der Waals surface area (Å²) in [6, 6.07) is 22.8. The number of hydrogen-bond donors (Lipinski definition) is 0. The second-order valence-electron chi connectivity index (χ2n) is 6.00. The van der Waals surface area contributed by atoms with Crippen molar-refractivity contribution < 1.29 is 23.5 Å². The molecule has 27 heavy (non-hydrogen) atoms. The molecule has 3 aromatic rings. The highest BCUT2D eigenvalue weighted by atomic mass is 16.5. The van der Waals surface area contributed by atoms with Gasteiger partial charge in [0.25, 0.3) is 0 Å². The molecule has 5 nitrogen and oxygen atoms in total. The van der Waals surface area contributed by atoms with Crippen molar-refractivity contribution in [2.24, 2.45) is 0 Å². The molecule has 0 radical (unpaired) electrons. The van der Waals surface area contributed by atoms with E-state index in [2.05, 4.69) is 4.74 Å². The van der Waals surface area contributed by atoms with Crippen LogP contribution in [0.3, 0.4) is 0 Å². The average Bonchev–Trinajstić information content (AvgIpc) is 3.20. The summed E-state index contributed by atoms with van der Waals surface area (Å²) in [6.45, 7) is -0.0356. The molecular weight excluding hydrogens is 344 g/mol. The van der Waals surface area contributed by atoms with Gasteiger partial charge in [0.05, 0.1) is 13.5 Å². The first-order chi connectivity index (χ1) is 13.2. The van der Waals surface area contributed by atoms with Gasteiger partial charge in [0.1, 0.15) is 12.4 Å². The third-order valence-electron chi connectivity index (χ3n) is 4.20. The lowest BCUT2D eigenvalue weighted by atomic mass is 9.89. The van der Waals surface area contributed by atoms with Gasteiger partial charge in [-0.2, -0.15) is 0 Å². The van der Waals surface area contributed by atoms with E-state index in [1.54, 1.807) is 6.07 Å². The van der Waals surface area contributed by atoms with Crippen LogP contribution in [0.25, 0.3) is 0 Å². The maximum atomic E-state index is 12.4. The summed E-state index contributed by atoms with van der Waals surface area (Å²) in [5.74, 6) is -0.540. The van der Waals surface area contributed by atoms with Gasteiger partial charge in [0, 0.05) is 5.92 Å². The van der Waals surface area contributed by atoms with Crippen LogP contribution in [0.2, 0.25) is 0 Å². The normalized spacial score (nSPS) is 10.6. The van der Waals surface area contributed by atoms with Crippen LogP contribution >= 0.6 is 0 Å². The molecule has 0 saturated heterocycles. The fourth-order valence-electron chi connectivity index (χ4n) is 2.84. The molecule has 138 valence electrons. The number of furan rings is 1. The van der Waals surface area contributed by atoms with Crippen LogP contribution in [-0.4, -0.2) is 19.0 Å². The Morgan fingerprint density at radius 2 is 1.48 bits per heavy atom. The van der Waals surface area contributed by atoms with Crippen LogP contribution in [0, 0.1) is 0 Å². The molecule has 0 fully saturated rings. The van der Waals surface area contributed by atoms with E-state index >= 15 is 0 Å². The molecule has 0 amide bonds. The highest BCUT2D eigenvalue weighted by Gasteiger charge is 2.19. The van der Waals surface area contributed by atoms with Crippen molar-refractivity contribution in [2.75, 3.05) is 7.11 Å². The van der Waals surface area contributed by atoms with Crippen molar-refractivity contribution in [1.29, 1.82) is 0 Å². The van der Waals surface area contributed by atoms with Crippen molar-refractivity contribution in [3.63, 3.8) is 0 Å². The van der Waals surface area contributed by atoms with Crippen molar-refractivity contribution in [2.45, 2.75) is 18.9 Å². The molecule has 0 saturated carbocycles. The minimum absolute atomic E-state index is 0.0356. The number of benzene rings is 2. The van der Waals surface area contributed by atoms with Gasteiger partial charge in [0.15, 0.2) is 0 Å². The van der Waals surface area contributed by atoms with E-state index in [9.17, 15) is 9.59 Å². The van der Waals surface area contributed by atoms with Crippen LogP contribution in [0.4, 0.5) is 0 Å². The van der Waals surface area contributed by atoms with Gasteiger partial charge in [-0.25, -0.2) is 4.79 Å². The van der Waals surface area contributed by atoms with Crippen LogP contribution in [-0.2, 0) is 20.9 Å². The highest BCUT2D eigenvalue weighted by Crippen LogP contribution is 2.28. The molecule has 0 atom stereocenters. The fraction of sp³-hybridized carbons (Fsp3) is 0.182. The van der Waals surface area contributed by atoms with E-state index in [1.807, 2.05) is 60.7 Å². The minimum Gasteiger partial charge on any atom is -0.463 e. The predicted octanol–water partition coefficient (Wildman–Crippen LogP) is 4.33. The number of ether oxygens (including phenoxy) is 2. The first-order valence-corrected chi connectivity index (χ1v) is 8.60. The van der Waals surface area contributed by atoms with E-state index in [-0.39, 0.29) is 30.7 Å². The fourth-order valence-corrected chi connectivity index (χ4v) is 2.84. The standard InChI is InChI=1S/C22H20O5/c1-25-22(24)20-13-12-18(27-20)15-26-21(23)14-19(16-8-4-2-5-9-16)17-10-6-3-7-11-17/h2-13,19H,14-15H2,1H3. The molecule has 3 rings (SSSR count). The molecule has 2 aromatic carbocycles. The van der Waals surface area contributed by atoms with Gasteiger partial charge in [-0.3, -0.25) is 4.79 Å². The van der Waals surface area contributed by atoms with Crippen LogP contribution in [0.5, 0.6) is 0 Å². The lowest BCUT2D eigenvalue weighted by Crippen LogP contribution is -2.11. The minimum atomic E-state index is -0.569. The smallest absolute Gasteiger partial charge is 0.373 e. The third-order valence-corrected chi connectivity index (χ3v) is 4.20. The number of hydrogen-bond acceptors (Lipinski definition) is 5. The molecule has 0 spiro atoms. The third kappa shape index (κ3) is 4.85. The quantitative estimate of drug-likeness (QED) is 0.584. The summed E-state index contributed by atoms with van der Waals surface area (Å²) < 4.78 is 15.2. The van der Waals surface area contributed by atoms with Crippen molar-refractivity contribution in [1.82, 2.24) is 0 Å². The monoisotopic (exact) mass is 364 g/mol. The number of methoxy groups -OCH3 is 1. The number of carbonyl (C=O) groups excluding carboxylic acids is 2. The largest absolute Gasteiger partial charge is 0.463 e. The predicted molar refractivity (Wildman–Crippen MR) is 99.2 cm³/mol. The van der Waals surface area contributed by atoms with Gasteiger partial charge in [-0.05, 0) is 23.3 Å². The summed E-state index contributed by atoms with van der Waals surface area (Å²) in [5.41, 5.74) is 2.10. The second kappa shape index (κ2) is 8.85. The zero-order valence-electron chi connectivity index (χ0n) is 15.0. The van der Waals surface area contributed by atoms with E-state index in [4.69, 9.17) is 9.15 Å². The molecule has 1 aromatic heterocycles. The van der Waals surface area contributed by atoms with Gasteiger partial charge >= 0.3 is 11.9 Å². The first kappa shape index (κ1) is 18.5. The zero-order chi connectivity index (χ0) is 19.1. The molecule has 0 aliphatic heterocycles. The second-order valence-corrected chi connectivity index (χ2v) is 6.00. The Hall–Kier alpha value is -3.34. The van der Waals surface area contributed by atoms with Crippen LogP contribution in [0.1, 0.15) is 39.8 Å². The van der Waals surface area contributed by atoms with Crippen LogP contribution in [0.15, 0.2) is 77.2 Å². The van der Waals surface area contributed by atoms with Gasteiger partial charge < -0.3 is 13.9 Å². The number of esters is 2. The Bertz CT molecular complexity index is 844. The van der Waals surface area contributed by atoms with Crippen molar-refractivity contribution in [3.8, 4) is 0 Å². The highest BCUT2D eigenvalue weighted by molar-refractivity contribution is 5.86. The number of rotatable bonds is 7. The van der Waals surface area contributed by atoms with Gasteiger partial charge in [-0.15, -0.1) is 0 Å². The van der Waals surface area contributed by atoms with Crippen LogP contribution < -0.4 is 0 Å². The molecule has 5 heteroatoms. The Morgan fingerprint density at radius 3 is 2.04 bits per heavy atom. The molecule has 0 aliphatic carbocycles. The Labute approximate surface area is 157 Å². The summed E-state index contributed by atoms with van der Waals surface area (Å²) >= 11 is 0. The van der Waals surface area contributed by atoms with E-state index in [0.29, 0.717) is 5.76 Å². The molecule has 0 unspecified atom stereocenters. The maximum Gasteiger partial charge on any atom is 0.373 e. The molecule has 1 heterocycles. The maximum absolute atomic E-state index is 12.4.